The van der Waals surface area contributed by atoms with E-state index in [1.807, 2.05) is 26.0 Å². The number of nitriles is 1. The Hall–Kier alpha value is -1.90. The van der Waals surface area contributed by atoms with Crippen molar-refractivity contribution in [2.24, 2.45) is 0 Å². The van der Waals surface area contributed by atoms with Crippen LogP contribution in [0.1, 0.15) is 26.7 Å². The molecule has 0 spiro atoms. The zero-order valence-electron chi connectivity index (χ0n) is 11.8. The Morgan fingerprint density at radius 1 is 1.20 bits per heavy atom. The Morgan fingerprint density at radius 3 is 2.50 bits per heavy atom. The lowest BCUT2D eigenvalue weighted by atomic mass is 10.1. The molecule has 0 saturated carbocycles. The number of methoxy groups -OCH3 is 1. The first kappa shape index (κ1) is 14.5. The Labute approximate surface area is 122 Å². The minimum atomic E-state index is 0.350. The van der Waals surface area contributed by atoms with Crippen LogP contribution in [0, 0.1) is 25.2 Å². The first-order valence-electron chi connectivity index (χ1n) is 6.21. The van der Waals surface area contributed by atoms with Crippen molar-refractivity contribution in [3.8, 4) is 11.8 Å². The summed E-state index contributed by atoms with van der Waals surface area (Å²) in [6.07, 6.45) is 0. The van der Waals surface area contributed by atoms with Crippen molar-refractivity contribution in [1.29, 1.82) is 5.26 Å². The van der Waals surface area contributed by atoms with Gasteiger partial charge in [-0.15, -0.1) is 11.3 Å². The van der Waals surface area contributed by atoms with E-state index in [9.17, 15) is 0 Å². The first-order valence-corrected chi connectivity index (χ1v) is 7.02. The van der Waals surface area contributed by atoms with E-state index in [0.29, 0.717) is 23.8 Å². The van der Waals surface area contributed by atoms with Crippen LogP contribution >= 0.6 is 11.3 Å². The van der Waals surface area contributed by atoms with E-state index in [-0.39, 0.29) is 0 Å². The van der Waals surface area contributed by atoms with Crippen LogP contribution in [0.2, 0.25) is 0 Å². The maximum absolute atomic E-state index is 9.04. The number of rotatable bonds is 5. The molecule has 1 aromatic heterocycles. The van der Waals surface area contributed by atoms with Gasteiger partial charge >= 0.3 is 0 Å². The molecular weight excluding hydrogens is 272 g/mol. The van der Waals surface area contributed by atoms with Crippen LogP contribution in [0.25, 0.3) is 0 Å². The monoisotopic (exact) mass is 288 g/mol. The van der Waals surface area contributed by atoms with Crippen molar-refractivity contribution in [2.45, 2.75) is 27.1 Å². The fourth-order valence-corrected chi connectivity index (χ4v) is 2.72. The maximum atomic E-state index is 9.04. The molecule has 0 atom stereocenters. The molecule has 0 radical (unpaired) electrons. The third-order valence-corrected chi connectivity index (χ3v) is 3.66. The Kier molecular flexibility index (Phi) is 4.72. The lowest BCUT2D eigenvalue weighted by Crippen LogP contribution is -1.97. The summed E-state index contributed by atoms with van der Waals surface area (Å²) >= 11 is 1.35. The summed E-state index contributed by atoms with van der Waals surface area (Å²) in [4.78, 5) is 4.97. The number of nitrogens with zero attached hydrogens (tertiary/aromatic N) is 2. The fourth-order valence-electron chi connectivity index (χ4n) is 1.95. The van der Waals surface area contributed by atoms with Gasteiger partial charge in [-0.05, 0) is 37.1 Å². The number of aromatic nitrogens is 1. The quantitative estimate of drug-likeness (QED) is 0.846. The second-order valence-electron chi connectivity index (χ2n) is 4.54. The molecule has 20 heavy (non-hydrogen) atoms. The predicted octanol–water partition coefficient (Wildman–Crippen LogP) is 3.36. The number of thiazole rings is 1. The van der Waals surface area contributed by atoms with Gasteiger partial charge in [-0.3, -0.25) is 0 Å². The Morgan fingerprint density at radius 2 is 1.90 bits per heavy atom. The summed E-state index contributed by atoms with van der Waals surface area (Å²) in [6.45, 7) is 4.79. The highest BCUT2D eigenvalue weighted by Gasteiger charge is 2.11. The molecule has 2 rings (SSSR count). The van der Waals surface area contributed by atoms with E-state index in [4.69, 9.17) is 14.7 Å². The number of hydrogen-bond acceptors (Lipinski definition) is 5. The van der Waals surface area contributed by atoms with Gasteiger partial charge in [-0.2, -0.15) is 5.26 Å². The molecule has 1 aromatic carbocycles. The van der Waals surface area contributed by atoms with Gasteiger partial charge in [0.1, 0.15) is 28.3 Å². The SMILES string of the molecule is COCc1nc(COc2cc(C)cc(C)c2)sc1C#N. The largest absolute Gasteiger partial charge is 0.486 e. The van der Waals surface area contributed by atoms with Crippen LogP contribution in [0.5, 0.6) is 5.75 Å². The smallest absolute Gasteiger partial charge is 0.140 e. The van der Waals surface area contributed by atoms with Gasteiger partial charge in [0, 0.05) is 7.11 Å². The highest BCUT2D eigenvalue weighted by molar-refractivity contribution is 7.12. The molecule has 0 bridgehead atoms. The second-order valence-corrected chi connectivity index (χ2v) is 5.62. The standard InChI is InChI=1S/C15H16N2O2S/c1-10-4-11(2)6-12(5-10)19-9-15-17-13(8-18-3)14(7-16)20-15/h4-6H,8-9H2,1-3H3. The van der Waals surface area contributed by atoms with Crippen molar-refractivity contribution in [3.63, 3.8) is 0 Å². The summed E-state index contributed by atoms with van der Waals surface area (Å²) < 4.78 is 10.8. The molecular formula is C15H16N2O2S. The van der Waals surface area contributed by atoms with Crippen LogP contribution in [0.15, 0.2) is 18.2 Å². The molecule has 5 heteroatoms. The molecule has 0 aliphatic heterocycles. The molecule has 0 saturated heterocycles. The molecule has 1 heterocycles. The van der Waals surface area contributed by atoms with Crippen molar-refractivity contribution < 1.29 is 9.47 Å². The summed E-state index contributed by atoms with van der Waals surface area (Å²) in [7, 11) is 1.59. The predicted molar refractivity (Wildman–Crippen MR) is 77.8 cm³/mol. The van der Waals surface area contributed by atoms with Crippen molar-refractivity contribution >= 4 is 11.3 Å². The zero-order valence-corrected chi connectivity index (χ0v) is 12.6. The van der Waals surface area contributed by atoms with E-state index >= 15 is 0 Å². The molecule has 0 amide bonds. The molecule has 4 nitrogen and oxygen atoms in total. The number of ether oxygens (including phenoxy) is 2. The van der Waals surface area contributed by atoms with Gasteiger partial charge in [0.15, 0.2) is 0 Å². The van der Waals surface area contributed by atoms with E-state index in [2.05, 4.69) is 17.1 Å². The van der Waals surface area contributed by atoms with E-state index in [0.717, 1.165) is 21.9 Å². The second kappa shape index (κ2) is 6.51. The van der Waals surface area contributed by atoms with Crippen LogP contribution in [0.3, 0.4) is 0 Å². The molecule has 0 fully saturated rings. The van der Waals surface area contributed by atoms with Gasteiger partial charge in [0.2, 0.25) is 0 Å². The minimum Gasteiger partial charge on any atom is -0.486 e. The normalized spacial score (nSPS) is 10.3. The van der Waals surface area contributed by atoms with E-state index < -0.39 is 0 Å². The van der Waals surface area contributed by atoms with Gasteiger partial charge in [0.05, 0.1) is 12.3 Å². The molecule has 0 unspecified atom stereocenters. The molecule has 104 valence electrons. The lowest BCUT2D eigenvalue weighted by Gasteiger charge is -2.06. The molecule has 0 aliphatic carbocycles. The molecule has 0 N–H and O–H groups in total. The third kappa shape index (κ3) is 3.56. The zero-order chi connectivity index (χ0) is 14.5. The highest BCUT2D eigenvalue weighted by atomic mass is 32.1. The van der Waals surface area contributed by atoms with Crippen molar-refractivity contribution in [1.82, 2.24) is 4.98 Å². The minimum absolute atomic E-state index is 0.350. The Balaban J connectivity index is 2.09. The number of benzene rings is 1. The summed E-state index contributed by atoms with van der Waals surface area (Å²) in [5.74, 6) is 0.824. The van der Waals surface area contributed by atoms with Gasteiger partial charge in [0.25, 0.3) is 0 Å². The fraction of sp³-hybridized carbons (Fsp3) is 0.333. The third-order valence-electron chi connectivity index (χ3n) is 2.68. The van der Waals surface area contributed by atoms with E-state index in [1.54, 1.807) is 7.11 Å². The number of hydrogen-bond donors (Lipinski definition) is 0. The van der Waals surface area contributed by atoms with Crippen LogP contribution < -0.4 is 4.74 Å². The van der Waals surface area contributed by atoms with Crippen molar-refractivity contribution in [2.75, 3.05) is 7.11 Å². The topological polar surface area (TPSA) is 55.1 Å². The number of aryl methyl sites for hydroxylation is 2. The first-order chi connectivity index (χ1) is 9.62. The molecule has 2 aromatic rings. The lowest BCUT2D eigenvalue weighted by molar-refractivity contribution is 0.181. The molecule has 0 aliphatic rings. The summed E-state index contributed by atoms with van der Waals surface area (Å²) in [5.41, 5.74) is 3.01. The highest BCUT2D eigenvalue weighted by Crippen LogP contribution is 2.22. The average Bonchev–Trinajstić information content (AvgIpc) is 2.78. The van der Waals surface area contributed by atoms with Gasteiger partial charge < -0.3 is 9.47 Å². The van der Waals surface area contributed by atoms with Gasteiger partial charge in [-0.25, -0.2) is 4.98 Å². The van der Waals surface area contributed by atoms with Gasteiger partial charge in [-0.1, -0.05) is 6.07 Å². The Bertz CT molecular complexity index is 624. The average molecular weight is 288 g/mol. The summed E-state index contributed by atoms with van der Waals surface area (Å²) in [6, 6.07) is 8.21. The van der Waals surface area contributed by atoms with E-state index in [1.165, 1.54) is 11.3 Å². The van der Waals surface area contributed by atoms with Crippen LogP contribution in [0.4, 0.5) is 0 Å². The maximum Gasteiger partial charge on any atom is 0.140 e. The van der Waals surface area contributed by atoms with Crippen molar-refractivity contribution in [3.05, 3.63) is 44.9 Å². The summed E-state index contributed by atoms with van der Waals surface area (Å²) in [5, 5.41) is 9.83. The van der Waals surface area contributed by atoms with Crippen LogP contribution in [-0.2, 0) is 18.0 Å². The van der Waals surface area contributed by atoms with Crippen LogP contribution in [-0.4, -0.2) is 12.1 Å².